The first-order valence-electron chi connectivity index (χ1n) is 21.4. The van der Waals surface area contributed by atoms with Gasteiger partial charge in [0.2, 0.25) is 0 Å². The van der Waals surface area contributed by atoms with Gasteiger partial charge in [0.1, 0.15) is 0 Å². The van der Waals surface area contributed by atoms with E-state index in [1.165, 1.54) is 96.3 Å². The molecule has 5 saturated heterocycles. The van der Waals surface area contributed by atoms with E-state index in [4.69, 9.17) is 19.3 Å². The summed E-state index contributed by atoms with van der Waals surface area (Å²) in [6, 6.07) is 0. The van der Waals surface area contributed by atoms with Crippen LogP contribution in [0.15, 0.2) is 0 Å². The van der Waals surface area contributed by atoms with E-state index in [9.17, 15) is 0 Å². The van der Waals surface area contributed by atoms with Crippen molar-refractivity contribution in [2.75, 3.05) is 46.8 Å². The molecule has 5 heterocycles. The number of ether oxygens (including phenoxy) is 3. The molecule has 9 N–H and O–H groups in total. The zero-order valence-electron chi connectivity index (χ0n) is 31.7. The molecule has 9 rings (SSSR count). The Morgan fingerprint density at radius 2 is 0.769 bits per heavy atom. The van der Waals surface area contributed by atoms with E-state index in [-0.39, 0.29) is 24.0 Å². The van der Waals surface area contributed by atoms with Crippen molar-refractivity contribution < 1.29 is 36.7 Å². The molecule has 0 aromatic carbocycles. The summed E-state index contributed by atoms with van der Waals surface area (Å²) < 4.78 is 14.8. The van der Waals surface area contributed by atoms with Gasteiger partial charge >= 0.3 is 0 Å². The number of hydrogen-bond acceptors (Lipinski definition) is 12. The number of methoxy groups -OCH3 is 1. The normalized spacial score (nSPS) is 46.5. The van der Waals surface area contributed by atoms with E-state index >= 15 is 0 Å². The minimum absolute atomic E-state index is 0. The first kappa shape index (κ1) is 40.3. The van der Waals surface area contributed by atoms with Gasteiger partial charge in [0, 0.05) is 30.6 Å². The maximum Gasteiger partial charge on any atom is 0.0701 e. The smallest absolute Gasteiger partial charge is 0.0701 e. The fourth-order valence-corrected chi connectivity index (χ4v) is 12.3. The summed E-state index contributed by atoms with van der Waals surface area (Å²) >= 11 is 0. The van der Waals surface area contributed by atoms with Crippen molar-refractivity contribution in [3.63, 3.8) is 0 Å². The summed E-state index contributed by atoms with van der Waals surface area (Å²) in [5.74, 6) is 5.74. The molecule has 0 aromatic heterocycles. The van der Waals surface area contributed by atoms with Crippen molar-refractivity contribution in [3.05, 3.63) is 6.42 Å². The predicted molar refractivity (Wildman–Crippen MR) is 197 cm³/mol. The van der Waals surface area contributed by atoms with E-state index in [1.807, 2.05) is 0 Å². The molecule has 4 aliphatic carbocycles. The molecule has 52 heavy (non-hydrogen) atoms. The first-order valence-corrected chi connectivity index (χ1v) is 21.4. The van der Waals surface area contributed by atoms with Gasteiger partial charge < -0.3 is 25.7 Å². The van der Waals surface area contributed by atoms with Crippen LogP contribution in [0.25, 0.3) is 0 Å². The Morgan fingerprint density at radius 3 is 1.15 bits per heavy atom. The molecule has 9 aliphatic rings. The molecular weight excluding hydrogens is 696 g/mol. The Balaban J connectivity index is 0.000000308. The molecule has 5 aliphatic heterocycles. The molecule has 4 saturated carbocycles. The van der Waals surface area contributed by atoms with E-state index in [0.29, 0.717) is 94.2 Å². The minimum Gasteiger partial charge on any atom is -0.394 e. The first-order chi connectivity index (χ1) is 25.2. The third-order valence-electron chi connectivity index (χ3n) is 14.6. The van der Waals surface area contributed by atoms with E-state index < -0.39 is 0 Å². The Bertz CT molecular complexity index is 869. The summed E-state index contributed by atoms with van der Waals surface area (Å²) in [5.41, 5.74) is 0. The zero-order valence-corrected chi connectivity index (χ0v) is 33.0. The standard InChI is InChI=1S/C32H55N8.C7H16O4.Cr/c1-2-10-18-17(9-1)25-33-26(18)38-28-21-13-5-6-14-22(21)30(35-28)40-32-24-16-8-7-15-23(24)31(36-32)39-29-20-12-4-3-11-19(20)27(34-29)37-25;1-9-4-5-11-7-6-10-3-2-8;/h9,17-40H,1-8,10-16H2;8H,2-7H2,1H3;/q-1;;. The SMILES string of the molecule is COCCOCCOCCO.[CH-]1CCCC2C3NC(NC4NC(NC5NC(NC6NC(N3)C3CCCCC63)C3CCCCC53)C3CCCCC43)C12.[Cr]. The van der Waals surface area contributed by atoms with Gasteiger partial charge in [0.25, 0.3) is 0 Å². The van der Waals surface area contributed by atoms with Crippen molar-refractivity contribution in [1.29, 1.82) is 0 Å². The van der Waals surface area contributed by atoms with Crippen LogP contribution in [0.4, 0.5) is 0 Å². The van der Waals surface area contributed by atoms with Crippen LogP contribution >= 0.6 is 0 Å². The third kappa shape index (κ3) is 8.94. The second-order valence-electron chi connectivity index (χ2n) is 17.3. The fourth-order valence-electron chi connectivity index (χ4n) is 12.3. The maximum absolute atomic E-state index is 8.32. The van der Waals surface area contributed by atoms with Crippen molar-refractivity contribution in [1.82, 2.24) is 42.5 Å². The summed E-state index contributed by atoms with van der Waals surface area (Å²) in [7, 11) is 1.63. The summed E-state index contributed by atoms with van der Waals surface area (Å²) in [6.07, 6.45) is 26.4. The molecule has 16 unspecified atom stereocenters. The minimum atomic E-state index is 0. The number of hydrogen-bond donors (Lipinski definition) is 9. The Morgan fingerprint density at radius 1 is 0.442 bits per heavy atom. The maximum atomic E-state index is 8.32. The number of rotatable bonds is 8. The van der Waals surface area contributed by atoms with E-state index in [0.717, 1.165) is 35.5 Å². The van der Waals surface area contributed by atoms with Crippen LogP contribution in [0.2, 0.25) is 0 Å². The number of nitrogens with one attached hydrogen (secondary N) is 8. The molecule has 0 spiro atoms. The largest absolute Gasteiger partial charge is 0.394 e. The van der Waals surface area contributed by atoms with Gasteiger partial charge in [-0.2, -0.15) is 6.42 Å². The average Bonchev–Trinajstić information content (AvgIpc) is 3.91. The molecule has 16 atom stereocenters. The second kappa shape index (κ2) is 19.5. The van der Waals surface area contributed by atoms with Crippen LogP contribution in [0.5, 0.6) is 0 Å². The van der Waals surface area contributed by atoms with Crippen LogP contribution < -0.4 is 42.5 Å². The Kier molecular flexibility index (Phi) is 15.1. The van der Waals surface area contributed by atoms with Gasteiger partial charge in [-0.05, 0) is 80.0 Å². The van der Waals surface area contributed by atoms with Gasteiger partial charge in [-0.25, -0.2) is 0 Å². The molecule has 9 fully saturated rings. The average molecular weight is 768 g/mol. The van der Waals surface area contributed by atoms with Crippen LogP contribution in [0.3, 0.4) is 0 Å². The van der Waals surface area contributed by atoms with E-state index in [1.54, 1.807) is 7.11 Å². The molecule has 13 heteroatoms. The predicted octanol–water partition coefficient (Wildman–Crippen LogP) is 2.08. The molecule has 12 nitrogen and oxygen atoms in total. The molecule has 298 valence electrons. The summed E-state index contributed by atoms with van der Waals surface area (Å²) in [5, 5.41) is 42.0. The molecule has 0 aromatic rings. The topological polar surface area (TPSA) is 144 Å². The molecule has 8 bridgehead atoms. The summed E-state index contributed by atoms with van der Waals surface area (Å²) in [6.45, 7) is 2.75. The Hall–Kier alpha value is 0.0525. The van der Waals surface area contributed by atoms with Gasteiger partial charge in [-0.15, -0.1) is 5.92 Å². The molecular formula is C39H71CrN8O4-. The summed E-state index contributed by atoms with van der Waals surface area (Å²) in [4.78, 5) is 0. The molecule has 0 amide bonds. The quantitative estimate of drug-likeness (QED) is 0.132. The fraction of sp³-hybridized carbons (Fsp3) is 0.974. The van der Waals surface area contributed by atoms with Gasteiger partial charge in [0.15, 0.2) is 0 Å². The van der Waals surface area contributed by atoms with Crippen LogP contribution in [0, 0.1) is 53.8 Å². The van der Waals surface area contributed by atoms with Gasteiger partial charge in [0.05, 0.1) is 82.8 Å². The van der Waals surface area contributed by atoms with Gasteiger partial charge in [-0.1, -0.05) is 51.4 Å². The van der Waals surface area contributed by atoms with Crippen LogP contribution in [-0.2, 0) is 31.6 Å². The van der Waals surface area contributed by atoms with Crippen LogP contribution in [-0.4, -0.2) is 101 Å². The second-order valence-corrected chi connectivity index (χ2v) is 17.3. The molecule has 0 radical (unpaired) electrons. The zero-order chi connectivity index (χ0) is 34.6. The van der Waals surface area contributed by atoms with E-state index in [2.05, 4.69) is 49.0 Å². The number of aliphatic hydroxyl groups excluding tert-OH is 1. The van der Waals surface area contributed by atoms with Crippen molar-refractivity contribution >= 4 is 0 Å². The third-order valence-corrected chi connectivity index (χ3v) is 14.6. The monoisotopic (exact) mass is 768 g/mol. The van der Waals surface area contributed by atoms with Crippen molar-refractivity contribution in [2.45, 2.75) is 146 Å². The Labute approximate surface area is 324 Å². The van der Waals surface area contributed by atoms with Gasteiger partial charge in [-0.3, -0.25) is 42.5 Å². The van der Waals surface area contributed by atoms with Crippen molar-refractivity contribution in [3.8, 4) is 0 Å². The number of aliphatic hydroxyl groups is 1. The van der Waals surface area contributed by atoms with Crippen molar-refractivity contribution in [2.24, 2.45) is 47.3 Å². The van der Waals surface area contributed by atoms with Crippen LogP contribution in [0.1, 0.15) is 96.3 Å². The number of fused-ring (bicyclic) bond motifs is 20.